The third-order valence-corrected chi connectivity index (χ3v) is 8.29. The molecular formula is C31H30F5N3O2S. The van der Waals surface area contributed by atoms with Gasteiger partial charge in [-0.2, -0.15) is 0 Å². The summed E-state index contributed by atoms with van der Waals surface area (Å²) in [6.45, 7) is 9.44. The van der Waals surface area contributed by atoms with Gasteiger partial charge in [0, 0.05) is 49.1 Å². The summed E-state index contributed by atoms with van der Waals surface area (Å²) in [7, 11) is 1.93. The van der Waals surface area contributed by atoms with Gasteiger partial charge in [0.15, 0.2) is 0 Å². The first-order chi connectivity index (χ1) is 19.9. The predicted molar refractivity (Wildman–Crippen MR) is 155 cm³/mol. The van der Waals surface area contributed by atoms with Crippen molar-refractivity contribution in [3.63, 3.8) is 0 Å². The first-order valence-corrected chi connectivity index (χ1v) is 14.1. The number of thioether (sulfide) groups is 1. The summed E-state index contributed by atoms with van der Waals surface area (Å²) in [5, 5.41) is 0.558. The molecule has 1 aromatic carbocycles. The summed E-state index contributed by atoms with van der Waals surface area (Å²) >= 11 is 1.40. The summed E-state index contributed by atoms with van der Waals surface area (Å²) in [5.74, 6) is -1.83. The van der Waals surface area contributed by atoms with Crippen molar-refractivity contribution in [3.8, 4) is 16.9 Å². The molecule has 0 saturated heterocycles. The standard InChI is InChI=1S/C31H30F5N3O2S/c1-5-27(33)26(20(3)32)16-25-19(2)28(21-9-8-11-24(15-21)41-31(34,35)36)29(40)39-23(18-42-30(25)39)17-38(4)14-12-22-10-6-7-13-37-22/h5-11,13,15,23H,1,3,12,14,16-18H2,2,4H3/b27-26+. The maximum atomic E-state index is 14.7. The summed E-state index contributed by atoms with van der Waals surface area (Å²) in [4.78, 5) is 20.5. The molecule has 3 aromatic rings. The lowest BCUT2D eigenvalue weighted by Gasteiger charge is -2.24. The first kappa shape index (κ1) is 31.2. The first-order valence-electron chi connectivity index (χ1n) is 13.1. The lowest BCUT2D eigenvalue weighted by molar-refractivity contribution is -0.274. The molecule has 4 rings (SSSR count). The summed E-state index contributed by atoms with van der Waals surface area (Å²) in [6, 6.07) is 10.5. The van der Waals surface area contributed by atoms with E-state index >= 15 is 0 Å². The second kappa shape index (κ2) is 13.1. The maximum Gasteiger partial charge on any atom is 0.573 e. The number of hydrogen-bond acceptors (Lipinski definition) is 5. The van der Waals surface area contributed by atoms with Crippen LogP contribution in [0.15, 0.2) is 94.9 Å². The number of hydrogen-bond donors (Lipinski definition) is 0. The number of halogens is 5. The molecule has 42 heavy (non-hydrogen) atoms. The monoisotopic (exact) mass is 603 g/mol. The Morgan fingerprint density at radius 3 is 2.64 bits per heavy atom. The third kappa shape index (κ3) is 7.19. The maximum absolute atomic E-state index is 14.7. The van der Waals surface area contributed by atoms with E-state index in [1.54, 1.807) is 17.7 Å². The molecule has 1 atom stereocenters. The Morgan fingerprint density at radius 2 is 2.00 bits per heavy atom. The highest BCUT2D eigenvalue weighted by atomic mass is 32.2. The lowest BCUT2D eigenvalue weighted by atomic mass is 9.94. The number of pyridine rings is 2. The van der Waals surface area contributed by atoms with Crippen molar-refractivity contribution < 1.29 is 26.7 Å². The van der Waals surface area contributed by atoms with Gasteiger partial charge in [-0.25, -0.2) is 8.78 Å². The van der Waals surface area contributed by atoms with Crippen molar-refractivity contribution in [2.45, 2.75) is 37.2 Å². The zero-order valence-corrected chi connectivity index (χ0v) is 24.0. The van der Waals surface area contributed by atoms with E-state index in [0.717, 1.165) is 23.9 Å². The number of allylic oxidation sites excluding steroid dienone is 4. The van der Waals surface area contributed by atoms with Crippen molar-refractivity contribution in [1.29, 1.82) is 0 Å². The van der Waals surface area contributed by atoms with E-state index < -0.39 is 29.3 Å². The molecule has 11 heteroatoms. The SMILES string of the molecule is C=C/C(F)=C(/Cc1c(C)c(-c2cccc(OC(F)(F)F)c2)c(=O)n2c1SCC2CN(C)CCc1ccccn1)C(=C)F. The third-order valence-electron chi connectivity index (χ3n) is 7.02. The van der Waals surface area contributed by atoms with E-state index in [9.17, 15) is 26.7 Å². The van der Waals surface area contributed by atoms with Crippen LogP contribution in [0.25, 0.3) is 11.1 Å². The van der Waals surface area contributed by atoms with Crippen LogP contribution in [0.1, 0.15) is 22.9 Å². The van der Waals surface area contributed by atoms with Gasteiger partial charge in [-0.3, -0.25) is 14.3 Å². The van der Waals surface area contributed by atoms with Gasteiger partial charge >= 0.3 is 6.36 Å². The topological polar surface area (TPSA) is 47.4 Å². The number of fused-ring (bicyclic) bond motifs is 1. The van der Waals surface area contributed by atoms with Crippen LogP contribution in [-0.2, 0) is 12.8 Å². The molecular weight excluding hydrogens is 573 g/mol. The van der Waals surface area contributed by atoms with Crippen LogP contribution in [0, 0.1) is 6.92 Å². The Labute approximate surface area is 245 Å². The van der Waals surface area contributed by atoms with Crippen LogP contribution >= 0.6 is 11.8 Å². The molecule has 2 aromatic heterocycles. The summed E-state index contributed by atoms with van der Waals surface area (Å²) in [5.41, 5.74) is 1.43. The molecule has 0 radical (unpaired) electrons. The molecule has 5 nitrogen and oxygen atoms in total. The highest BCUT2D eigenvalue weighted by Gasteiger charge is 2.33. The fourth-order valence-electron chi connectivity index (χ4n) is 5.01. The quantitative estimate of drug-likeness (QED) is 0.169. The second-order valence-corrected chi connectivity index (χ2v) is 11.0. The van der Waals surface area contributed by atoms with Crippen LogP contribution in [0.3, 0.4) is 0 Å². The number of alkyl halides is 3. The Kier molecular flexibility index (Phi) is 9.73. The van der Waals surface area contributed by atoms with Gasteiger partial charge in [-0.05, 0) is 61.0 Å². The molecule has 222 valence electrons. The lowest BCUT2D eigenvalue weighted by Crippen LogP contribution is -2.35. The molecule has 0 amide bonds. The van der Waals surface area contributed by atoms with Crippen LogP contribution in [0.4, 0.5) is 22.0 Å². The minimum Gasteiger partial charge on any atom is -0.406 e. The van der Waals surface area contributed by atoms with E-state index in [0.29, 0.717) is 41.4 Å². The van der Waals surface area contributed by atoms with Crippen molar-refractivity contribution in [2.75, 3.05) is 25.9 Å². The van der Waals surface area contributed by atoms with Gasteiger partial charge in [0.1, 0.15) is 17.4 Å². The van der Waals surface area contributed by atoms with Crippen LogP contribution in [-0.4, -0.2) is 46.7 Å². The normalized spacial score (nSPS) is 15.4. The van der Waals surface area contributed by atoms with Gasteiger partial charge in [0.2, 0.25) is 0 Å². The predicted octanol–water partition coefficient (Wildman–Crippen LogP) is 7.37. The molecule has 1 aliphatic heterocycles. The average molecular weight is 604 g/mol. The van der Waals surface area contributed by atoms with E-state index in [4.69, 9.17) is 0 Å². The molecule has 1 aliphatic rings. The molecule has 1 unspecified atom stereocenters. The summed E-state index contributed by atoms with van der Waals surface area (Å²) in [6.07, 6.45) is -1.84. The minimum absolute atomic E-state index is 0.132. The molecule has 0 N–H and O–H groups in total. The molecule has 0 spiro atoms. The summed E-state index contributed by atoms with van der Waals surface area (Å²) < 4.78 is 73.6. The van der Waals surface area contributed by atoms with Crippen LogP contribution in [0.5, 0.6) is 5.75 Å². The highest BCUT2D eigenvalue weighted by molar-refractivity contribution is 7.99. The minimum atomic E-state index is -4.92. The number of ether oxygens (including phenoxy) is 1. The number of nitrogens with zero attached hydrogens (tertiary/aromatic N) is 3. The van der Waals surface area contributed by atoms with Gasteiger partial charge in [0.05, 0.1) is 16.6 Å². The van der Waals surface area contributed by atoms with Crippen LogP contribution in [0.2, 0.25) is 0 Å². The van der Waals surface area contributed by atoms with Crippen LogP contribution < -0.4 is 10.3 Å². The number of benzene rings is 1. The fourth-order valence-corrected chi connectivity index (χ4v) is 6.39. The van der Waals surface area contributed by atoms with Gasteiger partial charge in [0.25, 0.3) is 5.56 Å². The van der Waals surface area contributed by atoms with Crippen molar-refractivity contribution in [3.05, 3.63) is 112 Å². The second-order valence-electron chi connectivity index (χ2n) is 9.94. The Bertz CT molecular complexity index is 1570. The highest BCUT2D eigenvalue weighted by Crippen LogP contribution is 2.41. The Morgan fingerprint density at radius 1 is 1.24 bits per heavy atom. The largest absolute Gasteiger partial charge is 0.573 e. The fraction of sp³-hybridized carbons (Fsp3) is 0.290. The van der Waals surface area contributed by atoms with Crippen molar-refractivity contribution >= 4 is 11.8 Å². The average Bonchev–Trinajstić information content (AvgIpc) is 3.34. The van der Waals surface area contributed by atoms with E-state index in [1.807, 2.05) is 25.2 Å². The molecule has 0 saturated carbocycles. The van der Waals surface area contributed by atoms with Gasteiger partial charge in [-0.1, -0.05) is 31.4 Å². The zero-order chi connectivity index (χ0) is 30.6. The van der Waals surface area contributed by atoms with Crippen molar-refractivity contribution in [2.24, 2.45) is 0 Å². The molecule has 3 heterocycles. The van der Waals surface area contributed by atoms with E-state index in [-0.39, 0.29) is 29.2 Å². The zero-order valence-electron chi connectivity index (χ0n) is 23.2. The molecule has 0 aliphatic carbocycles. The van der Waals surface area contributed by atoms with E-state index in [2.05, 4.69) is 27.8 Å². The Balaban J connectivity index is 1.80. The number of likely N-dealkylation sites (N-methyl/N-ethyl adjacent to an activating group) is 1. The molecule has 0 fully saturated rings. The van der Waals surface area contributed by atoms with Gasteiger partial charge < -0.3 is 9.64 Å². The number of aromatic nitrogens is 2. The molecule has 0 bridgehead atoms. The van der Waals surface area contributed by atoms with Crippen molar-refractivity contribution in [1.82, 2.24) is 14.5 Å². The van der Waals surface area contributed by atoms with E-state index in [1.165, 1.54) is 23.9 Å². The number of rotatable bonds is 11. The smallest absolute Gasteiger partial charge is 0.406 e. The van der Waals surface area contributed by atoms with Gasteiger partial charge in [-0.15, -0.1) is 24.9 Å². The Hall–Kier alpha value is -3.70.